The smallest absolute Gasteiger partial charge is 0.200 e. The van der Waals surface area contributed by atoms with Gasteiger partial charge in [0, 0.05) is 0 Å². The maximum absolute atomic E-state index is 14.6. The summed E-state index contributed by atoms with van der Waals surface area (Å²) in [4.78, 5) is 0. The van der Waals surface area contributed by atoms with Crippen LogP contribution < -0.4 is 14.2 Å². The molecule has 10 saturated carbocycles. The van der Waals surface area contributed by atoms with Gasteiger partial charge in [-0.2, -0.15) is 13.2 Å². The van der Waals surface area contributed by atoms with E-state index in [-0.39, 0.29) is 46.8 Å². The number of ether oxygens (including phenoxy) is 3. The van der Waals surface area contributed by atoms with Crippen LogP contribution in [0, 0.1) is 161 Å². The van der Waals surface area contributed by atoms with Crippen molar-refractivity contribution in [2.45, 2.75) is 439 Å². The van der Waals surface area contributed by atoms with Gasteiger partial charge in [0.2, 0.25) is 17.5 Å². The van der Waals surface area contributed by atoms with Crippen molar-refractivity contribution in [1.82, 2.24) is 0 Å². The molecule has 0 bridgehead atoms. The molecule has 0 amide bonds. The molecule has 0 aliphatic heterocycles. The van der Waals surface area contributed by atoms with Gasteiger partial charge in [0.25, 0.3) is 0 Å². The Labute approximate surface area is 776 Å². The van der Waals surface area contributed by atoms with Gasteiger partial charge in [0.15, 0.2) is 58.0 Å². The Morgan fingerprint density at radius 1 is 0.209 bits per heavy atom. The highest BCUT2D eigenvalue weighted by Crippen LogP contribution is 2.53. The molecule has 0 atom stereocenters. The van der Waals surface area contributed by atoms with E-state index in [2.05, 4.69) is 34.6 Å². The highest BCUT2D eigenvalue weighted by Gasteiger charge is 2.40. The first-order valence-corrected chi connectivity index (χ1v) is 53.8. The fourth-order valence-corrected chi connectivity index (χ4v) is 26.8. The zero-order valence-electron chi connectivity index (χ0n) is 81.9. The maximum atomic E-state index is 14.6. The summed E-state index contributed by atoms with van der Waals surface area (Å²) in [6.45, 7) is 21.4. The third kappa shape index (κ3) is 29.4. The third-order valence-corrected chi connectivity index (χ3v) is 34.9. The van der Waals surface area contributed by atoms with E-state index < -0.39 is 58.2 Å². The van der Waals surface area contributed by atoms with Crippen LogP contribution in [0.2, 0.25) is 0 Å². The van der Waals surface area contributed by atoms with Crippen LogP contribution in [-0.2, 0) is 0 Å². The summed E-state index contributed by atoms with van der Waals surface area (Å²) in [6, 6.07) is 17.1. The summed E-state index contributed by atoms with van der Waals surface area (Å²) in [5.74, 6) is 7.20. The summed E-state index contributed by atoms with van der Waals surface area (Å²) in [7, 11) is 0. The molecule has 0 N–H and O–H groups in total. The van der Waals surface area contributed by atoms with E-state index in [1.807, 2.05) is 19.1 Å². The van der Waals surface area contributed by atoms with Crippen molar-refractivity contribution in [1.29, 1.82) is 0 Å². The van der Waals surface area contributed by atoms with Crippen molar-refractivity contribution in [3.63, 3.8) is 0 Å². The van der Waals surface area contributed by atoms with E-state index in [4.69, 9.17) is 14.2 Å². The molecule has 10 fully saturated rings. The molecule has 0 unspecified atom stereocenters. The van der Waals surface area contributed by atoms with Crippen LogP contribution in [-0.4, -0.2) is 19.8 Å². The molecule has 129 heavy (non-hydrogen) atoms. The normalized spacial score (nSPS) is 29.7. The lowest BCUT2D eigenvalue weighted by molar-refractivity contribution is 0.155. The lowest BCUT2D eigenvalue weighted by Crippen LogP contribution is -2.25. The number of halogens is 10. The fourth-order valence-electron chi connectivity index (χ4n) is 26.8. The SMILES string of the molecule is CCC1CCC(C2CCC(c3ccc(C)c(F)c3F)CC2)CC1.CCCC1CCC(C2CCC(c3ccc(C)c(F)c3F)CC2)CC1.CCCCC1CCC(C2CCC(c3ccc(OCC)c(F)c3F)CC2)CC1.CCCCCC1CCC(C2CCC(c3ccc(OCC)c(F)c3F)CC2)CC1.CCCOc1ccc(C2CCC(C3CCC(CCC)CC3)CC2)c(F)c1F. The van der Waals surface area contributed by atoms with Gasteiger partial charge in [-0.05, 0) is 402 Å². The van der Waals surface area contributed by atoms with Crippen LogP contribution in [0.3, 0.4) is 0 Å². The van der Waals surface area contributed by atoms with Crippen LogP contribution in [0.15, 0.2) is 60.7 Å². The van der Waals surface area contributed by atoms with Gasteiger partial charge in [-0.15, -0.1) is 0 Å². The molecule has 724 valence electrons. The maximum Gasteiger partial charge on any atom is 0.200 e. The van der Waals surface area contributed by atoms with E-state index in [9.17, 15) is 43.9 Å². The molecule has 3 nitrogen and oxygen atoms in total. The van der Waals surface area contributed by atoms with E-state index >= 15 is 0 Å². The quantitative estimate of drug-likeness (QED) is 0.0353. The largest absolute Gasteiger partial charge is 0.491 e. The highest BCUT2D eigenvalue weighted by atomic mass is 19.2. The fraction of sp³-hybridized carbons (Fsp3) is 0.741. The number of rotatable bonds is 29. The van der Waals surface area contributed by atoms with Gasteiger partial charge in [0.1, 0.15) is 0 Å². The molecule has 0 heterocycles. The van der Waals surface area contributed by atoms with Gasteiger partial charge in [-0.1, -0.05) is 225 Å². The summed E-state index contributed by atoms with van der Waals surface area (Å²) >= 11 is 0. The number of aryl methyl sites for hydroxylation is 2. The topological polar surface area (TPSA) is 27.7 Å². The summed E-state index contributed by atoms with van der Waals surface area (Å²) < 4.78 is 158. The van der Waals surface area contributed by atoms with E-state index in [0.717, 1.165) is 159 Å². The van der Waals surface area contributed by atoms with Gasteiger partial charge in [0.05, 0.1) is 19.8 Å². The summed E-state index contributed by atoms with van der Waals surface area (Å²) in [5.41, 5.74) is 3.71. The number of benzene rings is 5. The monoisotopic (exact) mass is 1800 g/mol. The highest BCUT2D eigenvalue weighted by molar-refractivity contribution is 5.37. The minimum Gasteiger partial charge on any atom is -0.491 e. The lowest BCUT2D eigenvalue weighted by atomic mass is 9.68. The molecule has 0 spiro atoms. The van der Waals surface area contributed by atoms with Gasteiger partial charge in [-0.25, -0.2) is 30.7 Å². The second-order valence-electron chi connectivity index (χ2n) is 42.8. The molecule has 0 radical (unpaired) electrons. The first kappa shape index (κ1) is 104. The number of hydrogen-bond acceptors (Lipinski definition) is 3. The number of hydrogen-bond donors (Lipinski definition) is 0. The summed E-state index contributed by atoms with van der Waals surface area (Å²) in [5, 5.41) is 0. The molecular weight excluding hydrogens is 1630 g/mol. The van der Waals surface area contributed by atoms with Crippen LogP contribution >= 0.6 is 0 Å². The molecule has 13 heteroatoms. The lowest BCUT2D eigenvalue weighted by Gasteiger charge is -2.38. The average molecular weight is 1800 g/mol. The van der Waals surface area contributed by atoms with E-state index in [1.54, 1.807) is 76.2 Å². The number of unbranched alkanes of at least 4 members (excludes halogenated alkanes) is 3. The van der Waals surface area contributed by atoms with Gasteiger partial charge in [-0.3, -0.25) is 0 Å². The molecule has 10 aliphatic carbocycles. The minimum atomic E-state index is -0.818. The van der Waals surface area contributed by atoms with Crippen LogP contribution in [0.1, 0.15) is 464 Å². The molecule has 0 aromatic heterocycles. The Kier molecular flexibility index (Phi) is 43.6. The zero-order chi connectivity index (χ0) is 91.9. The average Bonchev–Trinajstić information content (AvgIpc) is 0.854. The van der Waals surface area contributed by atoms with Crippen LogP contribution in [0.5, 0.6) is 17.2 Å². The van der Waals surface area contributed by atoms with Gasteiger partial charge < -0.3 is 14.2 Å². The van der Waals surface area contributed by atoms with Crippen molar-refractivity contribution in [3.05, 3.63) is 158 Å². The summed E-state index contributed by atoms with van der Waals surface area (Å²) in [6.07, 6.45) is 67.0. The first-order chi connectivity index (χ1) is 62.6. The van der Waals surface area contributed by atoms with Crippen molar-refractivity contribution >= 4 is 0 Å². The second-order valence-corrected chi connectivity index (χ2v) is 42.8. The Hall–Kier alpha value is -5.20. The Balaban J connectivity index is 0.000000156. The van der Waals surface area contributed by atoms with Crippen molar-refractivity contribution in [3.8, 4) is 17.2 Å². The second kappa shape index (κ2) is 53.9. The zero-order valence-corrected chi connectivity index (χ0v) is 81.9. The van der Waals surface area contributed by atoms with Crippen molar-refractivity contribution in [2.75, 3.05) is 19.8 Å². The molecule has 5 aromatic carbocycles. The van der Waals surface area contributed by atoms with Crippen LogP contribution in [0.4, 0.5) is 43.9 Å². The minimum absolute atomic E-state index is 0.0345. The molecular formula is C116H172F10O3. The predicted octanol–water partition coefficient (Wildman–Crippen LogP) is 37.2. The van der Waals surface area contributed by atoms with Crippen molar-refractivity contribution < 1.29 is 58.1 Å². The first-order valence-electron chi connectivity index (χ1n) is 53.8. The molecule has 0 saturated heterocycles. The predicted molar refractivity (Wildman–Crippen MR) is 514 cm³/mol. The third-order valence-electron chi connectivity index (χ3n) is 34.9. The van der Waals surface area contributed by atoms with E-state index in [0.29, 0.717) is 58.8 Å². The Morgan fingerprint density at radius 3 is 0.674 bits per heavy atom. The Bertz CT molecular complexity index is 4020. The Morgan fingerprint density at radius 2 is 0.434 bits per heavy atom. The molecule has 5 aromatic rings. The van der Waals surface area contributed by atoms with E-state index in [1.165, 1.54) is 270 Å². The van der Waals surface area contributed by atoms with Gasteiger partial charge >= 0.3 is 0 Å². The van der Waals surface area contributed by atoms with Crippen molar-refractivity contribution in [2.24, 2.45) is 88.8 Å². The molecule has 10 aliphatic rings. The van der Waals surface area contributed by atoms with Crippen LogP contribution in [0.25, 0.3) is 0 Å². The standard InChI is InChI=1S/C25H38F2O.2C24H36F2O.C22H32F2.C21H30F2/c1-3-5-6-7-18-8-10-19(11-9-18)20-12-14-21(15-13-20)22-16-17-23(28-4-2)25(27)24(22)26;1-3-5-17-6-8-18(9-7-17)19-10-12-20(13-11-19)21-14-15-22(27-16-4-2)24(26)23(21)25;1-3-5-6-17-7-9-18(10-8-17)19-11-13-20(14-12-19)21-15-16-22(27-4-2)24(26)23(21)25;1-3-4-16-6-8-17(9-7-16)18-10-12-19(13-11-18)20-14-5-15(2)21(23)22(20)24;1-3-15-5-7-16(8-6-15)17-9-11-18(12-10-17)19-13-4-14(2)20(22)21(19)23/h16-21H,3-15H2,1-2H3;14-15,17-20H,3-13,16H2,1-2H3;15-20H,3-14H2,1-2H3;5,14,16-19H,3-4,6-13H2,1-2H3;4,13,15-18H,3,5-12H2,1-2H3. The molecule has 15 rings (SSSR count).